The molecule has 1 amide bonds. The first kappa shape index (κ1) is 18.6. The largest absolute Gasteiger partial charge is 0.416 e. The number of amides is 1. The maximum Gasteiger partial charge on any atom is 0.416 e. The number of nitrogens with zero attached hydrogens (tertiary/aromatic N) is 1. The van der Waals surface area contributed by atoms with Crippen LogP contribution in [-0.4, -0.2) is 33.1 Å². The Morgan fingerprint density at radius 2 is 1.96 bits per heavy atom. The first-order valence-electron chi connectivity index (χ1n) is 8.16. The second kappa shape index (κ2) is 7.88. The number of hydrogen-bond acceptors (Lipinski definition) is 3. The summed E-state index contributed by atoms with van der Waals surface area (Å²) in [5, 5.41) is 5.92. The molecular formula is C17H24F3N3O. The molecule has 0 aliphatic carbocycles. The fraction of sp³-hybridized carbons (Fsp3) is 0.588. The van der Waals surface area contributed by atoms with Crippen molar-refractivity contribution in [2.24, 2.45) is 5.92 Å². The van der Waals surface area contributed by atoms with Gasteiger partial charge in [0.05, 0.1) is 16.9 Å². The van der Waals surface area contributed by atoms with Gasteiger partial charge in [0.25, 0.3) is 0 Å². The molecule has 1 saturated heterocycles. The Morgan fingerprint density at radius 3 is 2.54 bits per heavy atom. The summed E-state index contributed by atoms with van der Waals surface area (Å²) in [5.41, 5.74) is -0.00916. The molecule has 1 aliphatic heterocycles. The van der Waals surface area contributed by atoms with E-state index in [2.05, 4.69) is 10.6 Å². The van der Waals surface area contributed by atoms with Crippen LogP contribution in [0.1, 0.15) is 31.2 Å². The summed E-state index contributed by atoms with van der Waals surface area (Å²) in [6.45, 7) is 1.93. The number of alkyl halides is 3. The van der Waals surface area contributed by atoms with Gasteiger partial charge in [-0.2, -0.15) is 13.2 Å². The van der Waals surface area contributed by atoms with E-state index in [9.17, 15) is 18.0 Å². The van der Waals surface area contributed by atoms with Gasteiger partial charge in [-0.25, -0.2) is 0 Å². The van der Waals surface area contributed by atoms with E-state index < -0.39 is 11.7 Å². The average Bonchev–Trinajstić information content (AvgIpc) is 2.53. The molecule has 134 valence electrons. The minimum atomic E-state index is -4.43. The summed E-state index contributed by atoms with van der Waals surface area (Å²) in [6.07, 6.45) is -1.25. The molecule has 0 spiro atoms. The van der Waals surface area contributed by atoms with E-state index in [1.165, 1.54) is 6.07 Å². The standard InChI is InChI=1S/C17H24F3N3O/c1-23(2)15-5-4-13(17(18,19)20)11-14(15)22-16(24)6-3-12-7-9-21-10-8-12/h4-5,11-12,21H,3,6-10H2,1-2H3,(H,22,24). The minimum absolute atomic E-state index is 0.199. The highest BCUT2D eigenvalue weighted by Crippen LogP contribution is 2.35. The van der Waals surface area contributed by atoms with E-state index in [1.54, 1.807) is 19.0 Å². The third kappa shape index (κ3) is 5.12. The second-order valence-electron chi connectivity index (χ2n) is 6.40. The van der Waals surface area contributed by atoms with Gasteiger partial charge >= 0.3 is 6.18 Å². The van der Waals surface area contributed by atoms with Gasteiger partial charge in [0, 0.05) is 20.5 Å². The molecule has 4 nitrogen and oxygen atoms in total. The summed E-state index contributed by atoms with van der Waals surface area (Å²) in [7, 11) is 3.46. The Morgan fingerprint density at radius 1 is 1.29 bits per heavy atom. The lowest BCUT2D eigenvalue weighted by molar-refractivity contribution is -0.137. The van der Waals surface area contributed by atoms with Crippen LogP contribution >= 0.6 is 0 Å². The monoisotopic (exact) mass is 343 g/mol. The smallest absolute Gasteiger partial charge is 0.376 e. The average molecular weight is 343 g/mol. The predicted molar refractivity (Wildman–Crippen MR) is 89.2 cm³/mol. The van der Waals surface area contributed by atoms with E-state index in [4.69, 9.17) is 0 Å². The van der Waals surface area contributed by atoms with Gasteiger partial charge in [0.2, 0.25) is 5.91 Å². The lowest BCUT2D eigenvalue weighted by Crippen LogP contribution is -2.28. The molecular weight excluding hydrogens is 319 g/mol. The van der Waals surface area contributed by atoms with Crippen molar-refractivity contribution in [2.75, 3.05) is 37.4 Å². The van der Waals surface area contributed by atoms with Gasteiger partial charge in [0.1, 0.15) is 0 Å². The van der Waals surface area contributed by atoms with Crippen LogP contribution in [0.2, 0.25) is 0 Å². The molecule has 24 heavy (non-hydrogen) atoms. The Hall–Kier alpha value is -1.76. The molecule has 1 fully saturated rings. The lowest BCUT2D eigenvalue weighted by atomic mass is 9.93. The van der Waals surface area contributed by atoms with Crippen molar-refractivity contribution >= 4 is 17.3 Å². The number of anilines is 2. The number of carbonyl (C=O) groups is 1. The van der Waals surface area contributed by atoms with Crippen LogP contribution in [-0.2, 0) is 11.0 Å². The van der Waals surface area contributed by atoms with Gasteiger partial charge in [-0.1, -0.05) is 0 Å². The van der Waals surface area contributed by atoms with E-state index >= 15 is 0 Å². The molecule has 1 aliphatic rings. The highest BCUT2D eigenvalue weighted by molar-refractivity contribution is 5.94. The number of piperidine rings is 1. The van der Waals surface area contributed by atoms with Gasteiger partial charge in [0.15, 0.2) is 0 Å². The fourth-order valence-electron chi connectivity index (χ4n) is 2.92. The number of rotatable bonds is 5. The van der Waals surface area contributed by atoms with Gasteiger partial charge in [-0.05, 0) is 56.5 Å². The van der Waals surface area contributed by atoms with Crippen LogP contribution in [0.3, 0.4) is 0 Å². The molecule has 1 heterocycles. The van der Waals surface area contributed by atoms with Crippen LogP contribution in [0.4, 0.5) is 24.5 Å². The van der Waals surface area contributed by atoms with Crippen molar-refractivity contribution in [3.63, 3.8) is 0 Å². The molecule has 0 aromatic heterocycles. The maximum atomic E-state index is 12.9. The molecule has 1 aromatic rings. The lowest BCUT2D eigenvalue weighted by Gasteiger charge is -2.23. The van der Waals surface area contributed by atoms with E-state index in [1.807, 2.05) is 0 Å². The molecule has 0 radical (unpaired) electrons. The Kier molecular flexibility index (Phi) is 6.10. The van der Waals surface area contributed by atoms with Crippen molar-refractivity contribution in [1.29, 1.82) is 0 Å². The predicted octanol–water partition coefficient (Wildman–Crippen LogP) is 3.49. The third-order valence-corrected chi connectivity index (χ3v) is 4.32. The molecule has 2 N–H and O–H groups in total. The first-order chi connectivity index (χ1) is 11.3. The molecule has 0 atom stereocenters. The summed E-state index contributed by atoms with van der Waals surface area (Å²) in [6, 6.07) is 3.41. The molecule has 1 aromatic carbocycles. The van der Waals surface area contributed by atoms with Crippen LogP contribution in [0.15, 0.2) is 18.2 Å². The fourth-order valence-corrected chi connectivity index (χ4v) is 2.92. The Labute approximate surface area is 140 Å². The normalized spacial score (nSPS) is 16.0. The third-order valence-electron chi connectivity index (χ3n) is 4.32. The van der Waals surface area contributed by atoms with Crippen molar-refractivity contribution in [3.8, 4) is 0 Å². The topological polar surface area (TPSA) is 44.4 Å². The summed E-state index contributed by atoms with van der Waals surface area (Å²) in [4.78, 5) is 13.8. The van der Waals surface area contributed by atoms with Crippen LogP contribution < -0.4 is 15.5 Å². The van der Waals surface area contributed by atoms with Gasteiger partial charge < -0.3 is 15.5 Å². The Balaban J connectivity index is 2.04. The zero-order valence-corrected chi connectivity index (χ0v) is 14.0. The number of halogens is 3. The quantitative estimate of drug-likeness (QED) is 0.860. The van der Waals surface area contributed by atoms with E-state index in [-0.39, 0.29) is 11.6 Å². The number of carbonyl (C=O) groups excluding carboxylic acids is 1. The molecule has 0 unspecified atom stereocenters. The summed E-state index contributed by atoms with van der Waals surface area (Å²) in [5.74, 6) is 0.266. The van der Waals surface area contributed by atoms with Crippen molar-refractivity contribution < 1.29 is 18.0 Å². The van der Waals surface area contributed by atoms with Crippen molar-refractivity contribution in [2.45, 2.75) is 31.9 Å². The summed E-state index contributed by atoms with van der Waals surface area (Å²) >= 11 is 0. The molecule has 0 bridgehead atoms. The van der Waals surface area contributed by atoms with Gasteiger partial charge in [-0.15, -0.1) is 0 Å². The molecule has 2 rings (SSSR count). The number of hydrogen-bond donors (Lipinski definition) is 2. The van der Waals surface area contributed by atoms with Crippen molar-refractivity contribution in [3.05, 3.63) is 23.8 Å². The zero-order chi connectivity index (χ0) is 17.7. The Bertz CT molecular complexity index is 567. The molecule has 0 saturated carbocycles. The first-order valence-corrected chi connectivity index (χ1v) is 8.16. The highest BCUT2D eigenvalue weighted by atomic mass is 19.4. The van der Waals surface area contributed by atoms with E-state index in [0.29, 0.717) is 18.0 Å². The van der Waals surface area contributed by atoms with Crippen LogP contribution in [0.25, 0.3) is 0 Å². The minimum Gasteiger partial charge on any atom is -0.376 e. The number of benzene rings is 1. The van der Waals surface area contributed by atoms with Gasteiger partial charge in [-0.3, -0.25) is 4.79 Å². The van der Waals surface area contributed by atoms with E-state index in [0.717, 1.165) is 44.5 Å². The number of nitrogens with one attached hydrogen (secondary N) is 2. The maximum absolute atomic E-state index is 12.9. The second-order valence-corrected chi connectivity index (χ2v) is 6.40. The van der Waals surface area contributed by atoms with Crippen molar-refractivity contribution in [1.82, 2.24) is 5.32 Å². The van der Waals surface area contributed by atoms with Crippen LogP contribution in [0, 0.1) is 5.92 Å². The SMILES string of the molecule is CN(C)c1ccc(C(F)(F)F)cc1NC(=O)CCC1CCNCC1. The summed E-state index contributed by atoms with van der Waals surface area (Å²) < 4.78 is 38.7. The van der Waals surface area contributed by atoms with Crippen LogP contribution in [0.5, 0.6) is 0 Å². The zero-order valence-electron chi connectivity index (χ0n) is 14.0. The highest BCUT2D eigenvalue weighted by Gasteiger charge is 2.31. The molecule has 7 heteroatoms.